The summed E-state index contributed by atoms with van der Waals surface area (Å²) < 4.78 is 45.5. The summed E-state index contributed by atoms with van der Waals surface area (Å²) in [6, 6.07) is 10.2. The molecule has 2 aromatic carbocycles. The zero-order valence-electron chi connectivity index (χ0n) is 16.7. The van der Waals surface area contributed by atoms with Crippen molar-refractivity contribution < 1.29 is 21.8 Å². The molecule has 166 valence electrons. The molecule has 1 aliphatic rings. The maximum Gasteiger partial charge on any atom is 0.358 e. The Bertz CT molecular complexity index is 1340. The van der Waals surface area contributed by atoms with Gasteiger partial charge in [0.25, 0.3) is 5.91 Å². The fourth-order valence-electron chi connectivity index (χ4n) is 3.38. The molecular weight excluding hydrogens is 523 g/mol. The highest BCUT2D eigenvalue weighted by Gasteiger charge is 2.51. The molecule has 1 fully saturated rings. The van der Waals surface area contributed by atoms with Crippen molar-refractivity contribution in [1.29, 1.82) is 0 Å². The number of hydrogen-bond donors (Lipinski definition) is 1. The molecule has 1 N–H and O–H groups in total. The van der Waals surface area contributed by atoms with Crippen LogP contribution in [0.4, 0.5) is 4.39 Å². The van der Waals surface area contributed by atoms with Gasteiger partial charge in [-0.15, -0.1) is 0 Å². The van der Waals surface area contributed by atoms with Crippen molar-refractivity contribution in [2.75, 3.05) is 7.05 Å². The van der Waals surface area contributed by atoms with Crippen molar-refractivity contribution in [2.24, 2.45) is 7.05 Å². The molecule has 0 radical (unpaired) electrons. The molecule has 3 aromatic rings. The Morgan fingerprint density at radius 2 is 1.81 bits per heavy atom. The molecule has 0 aliphatic carbocycles. The highest BCUT2D eigenvalue weighted by atomic mass is 79.9. The van der Waals surface area contributed by atoms with Gasteiger partial charge in [0, 0.05) is 20.3 Å². The summed E-state index contributed by atoms with van der Waals surface area (Å²) in [6.45, 7) is 0. The van der Waals surface area contributed by atoms with E-state index in [1.807, 2.05) is 0 Å². The summed E-state index contributed by atoms with van der Waals surface area (Å²) in [6.07, 6.45) is 2.67. The number of aromatic nitrogens is 2. The second-order valence-corrected chi connectivity index (χ2v) is 9.85. The Kier molecular flexibility index (Phi) is 5.55. The third-order valence-electron chi connectivity index (χ3n) is 5.01. The normalized spacial score (nSPS) is 18.7. The molecule has 1 amide bonds. The molecule has 1 aliphatic heterocycles. The summed E-state index contributed by atoms with van der Waals surface area (Å²) in [7, 11) is -0.945. The van der Waals surface area contributed by atoms with Crippen LogP contribution in [0.3, 0.4) is 0 Å². The highest BCUT2D eigenvalue weighted by molar-refractivity contribution is 9.10. The van der Waals surface area contributed by atoms with E-state index in [0.29, 0.717) is 11.1 Å². The molecule has 0 spiro atoms. The summed E-state index contributed by atoms with van der Waals surface area (Å²) >= 11 is 8.43. The van der Waals surface area contributed by atoms with Crippen molar-refractivity contribution in [3.8, 4) is 5.75 Å². The lowest BCUT2D eigenvalue weighted by atomic mass is 9.82. The van der Waals surface area contributed by atoms with E-state index in [4.69, 9.17) is 16.4 Å². The topological polar surface area (TPSA) is 93.5 Å². The molecule has 32 heavy (non-hydrogen) atoms. The number of hydrogen-bond acceptors (Lipinski definition) is 6. The van der Waals surface area contributed by atoms with Crippen LogP contribution >= 0.6 is 28.1 Å². The van der Waals surface area contributed by atoms with Gasteiger partial charge in [0.05, 0.1) is 10.8 Å². The molecule has 1 aromatic heterocycles. The lowest BCUT2D eigenvalue weighted by Crippen LogP contribution is -2.45. The summed E-state index contributed by atoms with van der Waals surface area (Å²) in [5.41, 5.74) is -0.493. The molecule has 8 nitrogen and oxygen atoms in total. The number of aryl methyl sites for hydroxylation is 1. The number of likely N-dealkylation sites (N-methyl/N-ethyl adjacent to an activating group) is 1. The first kappa shape index (κ1) is 22.4. The number of nitrogens with zero attached hydrogens (tertiary/aromatic N) is 3. The van der Waals surface area contributed by atoms with Crippen LogP contribution in [-0.4, -0.2) is 40.9 Å². The van der Waals surface area contributed by atoms with Crippen molar-refractivity contribution in [3.05, 3.63) is 76.4 Å². The van der Waals surface area contributed by atoms with Gasteiger partial charge in [-0.1, -0.05) is 18.2 Å². The van der Waals surface area contributed by atoms with Gasteiger partial charge >= 0.3 is 10.1 Å². The maximum atomic E-state index is 13.8. The molecule has 4 rings (SSSR count). The van der Waals surface area contributed by atoms with Crippen LogP contribution in [-0.2, 0) is 27.5 Å². The van der Waals surface area contributed by atoms with E-state index in [0.717, 1.165) is 0 Å². The number of rotatable bonds is 5. The van der Waals surface area contributed by atoms with E-state index < -0.39 is 21.5 Å². The van der Waals surface area contributed by atoms with E-state index in [-0.39, 0.29) is 26.3 Å². The van der Waals surface area contributed by atoms with Gasteiger partial charge < -0.3 is 14.1 Å². The van der Waals surface area contributed by atoms with E-state index in [2.05, 4.69) is 26.2 Å². The van der Waals surface area contributed by atoms with Crippen LogP contribution < -0.4 is 9.50 Å². The van der Waals surface area contributed by atoms with Gasteiger partial charge in [-0.05, 0) is 63.5 Å². The first-order valence-corrected chi connectivity index (χ1v) is 11.7. The summed E-state index contributed by atoms with van der Waals surface area (Å²) in [5.74, 6) is -0.805. The van der Waals surface area contributed by atoms with Crippen LogP contribution in [0.1, 0.15) is 11.1 Å². The number of halogens is 2. The van der Waals surface area contributed by atoms with E-state index in [1.54, 1.807) is 19.2 Å². The molecule has 0 saturated carbocycles. The number of thiocarbonyl (C=S) groups is 1. The highest BCUT2D eigenvalue weighted by Crippen LogP contribution is 2.38. The molecule has 2 heterocycles. The first-order chi connectivity index (χ1) is 15.0. The van der Waals surface area contributed by atoms with Crippen LogP contribution in [0.5, 0.6) is 5.75 Å². The SMILES string of the molecule is CN1C(=O)C(c2ccc(OS(=O)(=O)c3cn(C)cn3)cc2)(c2ccc(F)c(Br)c2)NC1=S. The fraction of sp³-hybridized carbons (Fsp3) is 0.150. The zero-order valence-corrected chi connectivity index (χ0v) is 20.0. The second-order valence-electron chi connectivity index (χ2n) is 7.11. The van der Waals surface area contributed by atoms with Gasteiger partial charge in [0.2, 0.25) is 5.03 Å². The number of carbonyl (C=O) groups excluding carboxylic acids is 1. The van der Waals surface area contributed by atoms with E-state index >= 15 is 0 Å². The third kappa shape index (κ3) is 3.67. The lowest BCUT2D eigenvalue weighted by molar-refractivity contribution is -0.129. The minimum atomic E-state index is -4.12. The van der Waals surface area contributed by atoms with Gasteiger partial charge in [-0.25, -0.2) is 9.37 Å². The Hall–Kier alpha value is -2.83. The number of amides is 1. The average molecular weight is 539 g/mol. The molecule has 0 bridgehead atoms. The van der Waals surface area contributed by atoms with E-state index in [1.165, 1.54) is 59.4 Å². The summed E-state index contributed by atoms with van der Waals surface area (Å²) in [5, 5.41) is 3.01. The first-order valence-electron chi connectivity index (χ1n) is 9.13. The molecule has 12 heteroatoms. The van der Waals surface area contributed by atoms with E-state index in [9.17, 15) is 17.6 Å². The van der Waals surface area contributed by atoms with Crippen molar-refractivity contribution in [1.82, 2.24) is 19.8 Å². The zero-order chi connectivity index (χ0) is 23.3. The second kappa shape index (κ2) is 7.94. The van der Waals surface area contributed by atoms with Crippen molar-refractivity contribution >= 4 is 49.3 Å². The van der Waals surface area contributed by atoms with Crippen LogP contribution in [0.15, 0.2) is 64.5 Å². The number of nitrogens with one attached hydrogen (secondary N) is 1. The molecular formula is C20H16BrFN4O4S2. The number of benzene rings is 2. The Balaban J connectivity index is 1.74. The predicted octanol–water partition coefficient (Wildman–Crippen LogP) is 2.68. The predicted molar refractivity (Wildman–Crippen MR) is 121 cm³/mol. The van der Waals surface area contributed by atoms with Gasteiger partial charge in [-0.3, -0.25) is 9.69 Å². The minimum absolute atomic E-state index is 0.0382. The Morgan fingerprint density at radius 1 is 1.16 bits per heavy atom. The average Bonchev–Trinajstić information content (AvgIpc) is 3.29. The van der Waals surface area contributed by atoms with Crippen LogP contribution in [0.25, 0.3) is 0 Å². The molecule has 1 unspecified atom stereocenters. The van der Waals surface area contributed by atoms with Gasteiger partial charge in [0.15, 0.2) is 10.7 Å². The standard InChI is InChI=1S/C20H16BrFN4O4S2/c1-25-10-17(23-11-25)32(28,29)30-14-6-3-12(4-7-14)20(18(27)26(2)19(31)24-20)13-5-8-16(22)15(21)9-13/h3-11H,1-2H3,(H,24,31). The quantitative estimate of drug-likeness (QED) is 0.394. The fourth-order valence-corrected chi connectivity index (χ4v) is 4.91. The smallest absolute Gasteiger partial charge is 0.358 e. The lowest BCUT2D eigenvalue weighted by Gasteiger charge is -2.28. The molecule has 1 saturated heterocycles. The number of imidazole rings is 1. The Labute approximate surface area is 197 Å². The van der Waals surface area contributed by atoms with Crippen molar-refractivity contribution in [2.45, 2.75) is 10.6 Å². The van der Waals surface area contributed by atoms with Crippen LogP contribution in [0, 0.1) is 5.82 Å². The van der Waals surface area contributed by atoms with Crippen LogP contribution in [0.2, 0.25) is 0 Å². The van der Waals surface area contributed by atoms with Gasteiger partial charge in [0.1, 0.15) is 11.6 Å². The van der Waals surface area contributed by atoms with Gasteiger partial charge in [-0.2, -0.15) is 8.42 Å². The summed E-state index contributed by atoms with van der Waals surface area (Å²) in [4.78, 5) is 18.4. The monoisotopic (exact) mass is 538 g/mol. The molecule has 1 atom stereocenters. The largest absolute Gasteiger partial charge is 0.378 e. The Morgan fingerprint density at radius 3 is 2.34 bits per heavy atom. The van der Waals surface area contributed by atoms with Crippen molar-refractivity contribution in [3.63, 3.8) is 0 Å². The third-order valence-corrected chi connectivity index (χ3v) is 7.13. The maximum absolute atomic E-state index is 13.8. The number of carbonyl (C=O) groups is 1. The minimum Gasteiger partial charge on any atom is -0.378 e.